The highest BCUT2D eigenvalue weighted by Crippen LogP contribution is 2.46. The number of alkyl halides is 3. The number of nitrogens with one attached hydrogen (secondary N) is 1. The number of pyridine rings is 1. The summed E-state index contributed by atoms with van der Waals surface area (Å²) in [4.78, 5) is 7.14. The van der Waals surface area contributed by atoms with Gasteiger partial charge in [-0.25, -0.2) is 4.98 Å². The van der Waals surface area contributed by atoms with Crippen molar-refractivity contribution in [2.75, 3.05) is 6.61 Å². The highest BCUT2D eigenvalue weighted by Gasteiger charge is 2.56. The number of ether oxygens (including phenoxy) is 2. The predicted octanol–water partition coefficient (Wildman–Crippen LogP) is 7.61. The van der Waals surface area contributed by atoms with Gasteiger partial charge in [0, 0.05) is 28.6 Å². The quantitative estimate of drug-likeness (QED) is 0.232. The molecule has 2 heterocycles. The van der Waals surface area contributed by atoms with Gasteiger partial charge in [0.25, 0.3) is 0 Å². The Balaban J connectivity index is 2.47. The predicted molar refractivity (Wildman–Crippen MR) is 138 cm³/mol. The van der Waals surface area contributed by atoms with Crippen molar-refractivity contribution in [2.45, 2.75) is 79.2 Å². The van der Waals surface area contributed by atoms with Crippen LogP contribution in [0.3, 0.4) is 0 Å². The van der Waals surface area contributed by atoms with Crippen molar-refractivity contribution in [2.24, 2.45) is 5.41 Å². The molecule has 0 aromatic carbocycles. The van der Waals surface area contributed by atoms with E-state index in [1.165, 1.54) is 6.20 Å². The summed E-state index contributed by atoms with van der Waals surface area (Å²) in [7, 11) is 0. The fraction of sp³-hybridized carbons (Fsp3) is 0.519. The monoisotopic (exact) mass is 528 g/mol. The van der Waals surface area contributed by atoms with Crippen LogP contribution < -0.4 is 4.74 Å². The first kappa shape index (κ1) is 29.8. The Morgan fingerprint density at radius 1 is 1.25 bits per heavy atom. The van der Waals surface area contributed by atoms with Crippen LogP contribution in [0, 0.1) is 5.41 Å². The first-order valence-electron chi connectivity index (χ1n) is 11.8. The third kappa shape index (κ3) is 7.29. The second-order valence-corrected chi connectivity index (χ2v) is 10.5. The molecular weight excluding hydrogens is 493 g/mol. The standard InChI is InChI=1S/C27H36ClF3N2O3/c1-9-35-24(17(4)10-18(5)28)19(6)25(7,8)15-26(34,27(29,30)31)13-21-11-20-12-23(36-16(2)3)32-14-22(20)33-21/h10-12,14,16,33-34H,5,9,13,15H2,1-4,6-8H3/b17-10-,24-19-. The molecule has 0 amide bonds. The molecule has 1 atom stereocenters. The number of H-pyrrole nitrogens is 1. The van der Waals surface area contributed by atoms with Crippen LogP contribution in [0.1, 0.15) is 60.6 Å². The Bertz CT molecular complexity index is 1150. The van der Waals surface area contributed by atoms with Gasteiger partial charge in [-0.1, -0.05) is 32.0 Å². The lowest BCUT2D eigenvalue weighted by atomic mass is 9.72. The van der Waals surface area contributed by atoms with E-state index in [2.05, 4.69) is 16.5 Å². The third-order valence-electron chi connectivity index (χ3n) is 6.01. The lowest BCUT2D eigenvalue weighted by Gasteiger charge is -2.39. The van der Waals surface area contributed by atoms with Gasteiger partial charge in [-0.05, 0) is 69.7 Å². The van der Waals surface area contributed by atoms with Crippen LogP contribution >= 0.6 is 11.6 Å². The molecule has 5 nitrogen and oxygen atoms in total. The molecule has 0 aliphatic carbocycles. The van der Waals surface area contributed by atoms with Crippen molar-refractivity contribution in [3.8, 4) is 5.88 Å². The molecule has 0 bridgehead atoms. The van der Waals surface area contributed by atoms with Crippen molar-refractivity contribution in [3.63, 3.8) is 0 Å². The zero-order valence-corrected chi connectivity index (χ0v) is 22.7. The summed E-state index contributed by atoms with van der Waals surface area (Å²) >= 11 is 5.91. The Labute approximate surface area is 216 Å². The van der Waals surface area contributed by atoms with Gasteiger partial charge in [-0.15, -0.1) is 0 Å². The number of hydrogen-bond donors (Lipinski definition) is 2. The van der Waals surface area contributed by atoms with Crippen molar-refractivity contribution < 1.29 is 27.8 Å². The fourth-order valence-electron chi connectivity index (χ4n) is 4.18. The minimum atomic E-state index is -4.88. The molecule has 2 aromatic rings. The smallest absolute Gasteiger partial charge is 0.417 e. The van der Waals surface area contributed by atoms with E-state index in [9.17, 15) is 18.3 Å². The molecular formula is C27H36ClF3N2O3. The fourth-order valence-corrected chi connectivity index (χ4v) is 4.35. The van der Waals surface area contributed by atoms with Crippen LogP contribution in [0.15, 0.2) is 52.9 Å². The number of aromatic nitrogens is 2. The largest absolute Gasteiger partial charge is 0.494 e. The average Bonchev–Trinajstić information content (AvgIpc) is 3.10. The van der Waals surface area contributed by atoms with E-state index in [1.807, 2.05) is 13.8 Å². The molecule has 0 spiro atoms. The maximum atomic E-state index is 14.3. The second kappa shape index (κ2) is 11.3. The SMILES string of the molecule is C=C(Cl)/C=C(C)\C(OCC)=C(/C)C(C)(C)CC(O)(Cc1cc2cc(OC(C)C)ncc2[nH]1)C(F)(F)F. The molecule has 0 saturated heterocycles. The molecule has 0 saturated carbocycles. The van der Waals surface area contributed by atoms with Crippen molar-refractivity contribution in [3.05, 3.63) is 58.6 Å². The summed E-state index contributed by atoms with van der Waals surface area (Å²) in [5, 5.41) is 12.0. The number of rotatable bonds is 11. The van der Waals surface area contributed by atoms with Crippen molar-refractivity contribution in [1.29, 1.82) is 0 Å². The summed E-state index contributed by atoms with van der Waals surface area (Å²) in [6.45, 7) is 16.2. The van der Waals surface area contributed by atoms with E-state index in [0.717, 1.165) is 0 Å². The Hall–Kier alpha value is -2.45. The number of halogens is 4. The van der Waals surface area contributed by atoms with Crippen molar-refractivity contribution in [1.82, 2.24) is 9.97 Å². The highest BCUT2D eigenvalue weighted by molar-refractivity contribution is 6.30. The molecule has 0 aliphatic heterocycles. The van der Waals surface area contributed by atoms with Gasteiger partial charge in [0.2, 0.25) is 5.88 Å². The summed E-state index contributed by atoms with van der Waals surface area (Å²) < 4.78 is 54.4. The zero-order chi connectivity index (χ0) is 27.5. The number of hydrogen-bond acceptors (Lipinski definition) is 4. The van der Waals surface area contributed by atoms with Crippen LogP contribution in [0.4, 0.5) is 13.2 Å². The van der Waals surface area contributed by atoms with Gasteiger partial charge in [0.15, 0.2) is 5.60 Å². The van der Waals surface area contributed by atoms with Gasteiger partial charge in [-0.3, -0.25) is 0 Å². The molecule has 0 fully saturated rings. The number of fused-ring (bicyclic) bond motifs is 1. The molecule has 0 aliphatic rings. The van der Waals surface area contributed by atoms with Crippen molar-refractivity contribution >= 4 is 22.5 Å². The first-order chi connectivity index (χ1) is 16.5. The Morgan fingerprint density at radius 2 is 1.89 bits per heavy atom. The Kier molecular flexibility index (Phi) is 9.35. The number of aromatic amines is 1. The van der Waals surface area contributed by atoms with Crippen LogP contribution in [0.25, 0.3) is 10.9 Å². The number of allylic oxidation sites excluding steroid dienone is 4. The molecule has 2 aromatic heterocycles. The number of nitrogens with zero attached hydrogens (tertiary/aromatic N) is 1. The van der Waals surface area contributed by atoms with E-state index in [4.69, 9.17) is 21.1 Å². The van der Waals surface area contributed by atoms with Gasteiger partial charge in [-0.2, -0.15) is 13.2 Å². The molecule has 1 unspecified atom stereocenters. The van der Waals surface area contributed by atoms with E-state index in [0.29, 0.717) is 40.3 Å². The van der Waals surface area contributed by atoms with E-state index in [-0.39, 0.29) is 16.8 Å². The lowest BCUT2D eigenvalue weighted by Crippen LogP contribution is -2.50. The van der Waals surface area contributed by atoms with E-state index < -0.39 is 30.0 Å². The molecule has 36 heavy (non-hydrogen) atoms. The molecule has 200 valence electrons. The Morgan fingerprint density at radius 3 is 2.42 bits per heavy atom. The summed E-state index contributed by atoms with van der Waals surface area (Å²) in [6, 6.07) is 3.24. The molecule has 9 heteroatoms. The summed E-state index contributed by atoms with van der Waals surface area (Å²) in [6.07, 6.45) is -3.11. The van der Waals surface area contributed by atoms with Gasteiger partial charge in [0.1, 0.15) is 5.76 Å². The minimum Gasteiger partial charge on any atom is -0.494 e. The third-order valence-corrected chi connectivity index (χ3v) is 6.12. The minimum absolute atomic E-state index is 0.0928. The topological polar surface area (TPSA) is 67.4 Å². The second-order valence-electron chi connectivity index (χ2n) is 10.00. The van der Waals surface area contributed by atoms with Crippen LogP contribution in [0.5, 0.6) is 5.88 Å². The van der Waals surface area contributed by atoms with Crippen LogP contribution in [0.2, 0.25) is 0 Å². The van der Waals surface area contributed by atoms with E-state index in [1.54, 1.807) is 52.8 Å². The number of aliphatic hydroxyl groups is 1. The van der Waals surface area contributed by atoms with Gasteiger partial charge >= 0.3 is 6.18 Å². The maximum Gasteiger partial charge on any atom is 0.417 e. The normalized spacial score (nSPS) is 15.6. The van der Waals surface area contributed by atoms with Gasteiger partial charge in [0.05, 0.1) is 24.4 Å². The highest BCUT2D eigenvalue weighted by atomic mass is 35.5. The molecule has 0 radical (unpaired) electrons. The summed E-state index contributed by atoms with van der Waals surface area (Å²) in [5.74, 6) is 0.811. The van der Waals surface area contributed by atoms with E-state index >= 15 is 0 Å². The van der Waals surface area contributed by atoms with Gasteiger partial charge < -0.3 is 19.6 Å². The molecule has 2 rings (SSSR count). The van der Waals surface area contributed by atoms with Crippen LogP contribution in [-0.4, -0.2) is 39.6 Å². The maximum absolute atomic E-state index is 14.3. The summed E-state index contributed by atoms with van der Waals surface area (Å²) in [5.41, 5.74) is -2.08. The first-order valence-corrected chi connectivity index (χ1v) is 12.2. The average molecular weight is 529 g/mol. The molecule has 2 N–H and O–H groups in total. The lowest BCUT2D eigenvalue weighted by molar-refractivity contribution is -0.268. The van der Waals surface area contributed by atoms with Crippen LogP contribution in [-0.2, 0) is 11.2 Å². The zero-order valence-electron chi connectivity index (χ0n) is 21.9.